The zero-order chi connectivity index (χ0) is 27.7. The molecule has 0 aromatic heterocycles. The van der Waals surface area contributed by atoms with E-state index in [0.29, 0.717) is 25.2 Å². The number of para-hydroxylation sites is 1. The molecule has 210 valence electrons. The van der Waals surface area contributed by atoms with Gasteiger partial charge < -0.3 is 4.90 Å². The van der Waals surface area contributed by atoms with Crippen LogP contribution in [0.4, 0.5) is 24.5 Å². The van der Waals surface area contributed by atoms with Crippen molar-refractivity contribution >= 4 is 17.3 Å². The summed E-state index contributed by atoms with van der Waals surface area (Å²) in [5, 5.41) is 4.18. The third kappa shape index (κ3) is 4.88. The molecule has 0 saturated carbocycles. The van der Waals surface area contributed by atoms with Crippen LogP contribution >= 0.6 is 0 Å². The summed E-state index contributed by atoms with van der Waals surface area (Å²) in [6.45, 7) is 5.22. The van der Waals surface area contributed by atoms with Gasteiger partial charge in [-0.1, -0.05) is 61.0 Å². The minimum atomic E-state index is -4.35. The lowest BCUT2D eigenvalue weighted by atomic mass is 9.72. The van der Waals surface area contributed by atoms with Gasteiger partial charge in [0.2, 0.25) is 0 Å². The van der Waals surface area contributed by atoms with E-state index >= 15 is 0 Å². The van der Waals surface area contributed by atoms with E-state index in [1.165, 1.54) is 18.6 Å². The van der Waals surface area contributed by atoms with Gasteiger partial charge in [-0.25, -0.2) is 10.0 Å². The summed E-state index contributed by atoms with van der Waals surface area (Å²) in [6.07, 6.45) is -0.353. The molecule has 3 aliphatic rings. The summed E-state index contributed by atoms with van der Waals surface area (Å²) >= 11 is 0. The van der Waals surface area contributed by atoms with E-state index in [4.69, 9.17) is 0 Å². The molecule has 5 nitrogen and oxygen atoms in total. The van der Waals surface area contributed by atoms with E-state index in [9.17, 15) is 18.0 Å². The Bertz CT molecular complexity index is 1330. The fraction of sp³-hybridized carbons (Fsp3) is 0.406. The van der Waals surface area contributed by atoms with Gasteiger partial charge in [-0.3, -0.25) is 9.69 Å². The number of anilines is 2. The molecule has 0 bridgehead atoms. The van der Waals surface area contributed by atoms with Crippen molar-refractivity contribution in [2.45, 2.75) is 37.3 Å². The maximum atomic E-state index is 14.6. The average molecular weight is 549 g/mol. The molecule has 1 unspecified atom stereocenters. The number of fused-ring (bicyclic) bond motifs is 1. The summed E-state index contributed by atoms with van der Waals surface area (Å²) in [5.41, 5.74) is 2.25. The molecule has 3 aromatic rings. The van der Waals surface area contributed by atoms with Crippen LogP contribution in [0.15, 0.2) is 78.9 Å². The Morgan fingerprint density at radius 3 is 2.17 bits per heavy atom. The van der Waals surface area contributed by atoms with Gasteiger partial charge in [0.25, 0.3) is 5.91 Å². The molecule has 8 heteroatoms. The van der Waals surface area contributed by atoms with Crippen LogP contribution in [-0.2, 0) is 16.4 Å². The van der Waals surface area contributed by atoms with Crippen LogP contribution in [0.1, 0.15) is 42.4 Å². The zero-order valence-electron chi connectivity index (χ0n) is 22.6. The number of hydrogen-bond donors (Lipinski definition) is 0. The van der Waals surface area contributed by atoms with Crippen LogP contribution in [0.25, 0.3) is 0 Å². The maximum Gasteiger partial charge on any atom is 0.416 e. The lowest BCUT2D eigenvalue weighted by Gasteiger charge is -2.39. The predicted octanol–water partition coefficient (Wildman–Crippen LogP) is 5.95. The average Bonchev–Trinajstić information content (AvgIpc) is 3.25. The van der Waals surface area contributed by atoms with Gasteiger partial charge in [0.15, 0.2) is 0 Å². The van der Waals surface area contributed by atoms with Crippen molar-refractivity contribution in [2.24, 2.45) is 0 Å². The van der Waals surface area contributed by atoms with E-state index in [1.807, 2.05) is 40.2 Å². The van der Waals surface area contributed by atoms with Crippen molar-refractivity contribution in [3.63, 3.8) is 0 Å². The first kappa shape index (κ1) is 26.8. The third-order valence-electron chi connectivity index (χ3n) is 8.75. The molecule has 2 saturated heterocycles. The number of nitrogens with zero attached hydrogens (tertiary/aromatic N) is 4. The summed E-state index contributed by atoms with van der Waals surface area (Å²) < 4.78 is 39.7. The predicted molar refractivity (Wildman–Crippen MR) is 151 cm³/mol. The van der Waals surface area contributed by atoms with Gasteiger partial charge in [0.1, 0.15) is 5.41 Å². The van der Waals surface area contributed by atoms with E-state index in [2.05, 4.69) is 34.2 Å². The van der Waals surface area contributed by atoms with Gasteiger partial charge in [0.05, 0.1) is 11.3 Å². The molecule has 3 aromatic carbocycles. The molecule has 2 fully saturated rings. The van der Waals surface area contributed by atoms with Crippen molar-refractivity contribution in [3.8, 4) is 0 Å². The molecule has 40 heavy (non-hydrogen) atoms. The second-order valence-electron chi connectivity index (χ2n) is 11.0. The number of alkyl halides is 3. The van der Waals surface area contributed by atoms with Gasteiger partial charge in [0, 0.05) is 45.0 Å². The van der Waals surface area contributed by atoms with E-state index < -0.39 is 17.2 Å². The number of carbonyl (C=O) groups excluding carboxylic acids is 1. The first-order valence-corrected chi connectivity index (χ1v) is 14.3. The fourth-order valence-electron chi connectivity index (χ4n) is 6.60. The van der Waals surface area contributed by atoms with Crippen LogP contribution in [-0.4, -0.2) is 61.6 Å². The van der Waals surface area contributed by atoms with Crippen LogP contribution in [0, 0.1) is 0 Å². The molecule has 3 aliphatic heterocycles. The molecule has 0 N–H and O–H groups in total. The Balaban J connectivity index is 1.23. The van der Waals surface area contributed by atoms with Crippen molar-refractivity contribution in [1.29, 1.82) is 0 Å². The Labute approximate surface area is 233 Å². The van der Waals surface area contributed by atoms with Crippen LogP contribution in [0.5, 0.6) is 0 Å². The standard InChI is InChI=1S/C32H35F3N4O/c33-32(34,35)26-12-9-13-27(24-26)37-22-20-36(21-23-37)19-16-31(25-10-3-1-4-11-25)28-14-5-6-15-29(28)39(30(31)40)38-17-7-2-8-18-38/h1,3-6,9-15,24H,2,7-8,16-23H2. The molecular weight excluding hydrogens is 513 g/mol. The highest BCUT2D eigenvalue weighted by molar-refractivity contribution is 6.09. The van der Waals surface area contributed by atoms with Gasteiger partial charge in [-0.2, -0.15) is 13.2 Å². The van der Waals surface area contributed by atoms with Crippen LogP contribution in [0.2, 0.25) is 0 Å². The number of amides is 1. The topological polar surface area (TPSA) is 30.0 Å². The SMILES string of the molecule is O=C1N(N2CCCCC2)c2ccccc2C1(CCN1CCN(c2cccc(C(F)(F)F)c2)CC1)c1ccccc1. The largest absolute Gasteiger partial charge is 0.416 e. The molecule has 1 atom stereocenters. The summed E-state index contributed by atoms with van der Waals surface area (Å²) in [5.74, 6) is 0.115. The lowest BCUT2D eigenvalue weighted by Crippen LogP contribution is -2.53. The first-order valence-electron chi connectivity index (χ1n) is 14.3. The van der Waals surface area contributed by atoms with Crippen molar-refractivity contribution in [1.82, 2.24) is 9.91 Å². The molecule has 0 spiro atoms. The van der Waals surface area contributed by atoms with Gasteiger partial charge >= 0.3 is 6.18 Å². The Hall–Kier alpha value is -3.36. The Morgan fingerprint density at radius 2 is 1.45 bits per heavy atom. The molecule has 6 rings (SSSR count). The molecular formula is C32H35F3N4O. The summed E-state index contributed by atoms with van der Waals surface area (Å²) in [4.78, 5) is 18.9. The number of halogens is 3. The number of rotatable bonds is 6. The number of benzene rings is 3. The second-order valence-corrected chi connectivity index (χ2v) is 11.0. The first-order chi connectivity index (χ1) is 19.4. The smallest absolute Gasteiger partial charge is 0.369 e. The van der Waals surface area contributed by atoms with E-state index in [-0.39, 0.29) is 5.91 Å². The van der Waals surface area contributed by atoms with Crippen LogP contribution < -0.4 is 9.91 Å². The molecule has 0 radical (unpaired) electrons. The summed E-state index contributed by atoms with van der Waals surface area (Å²) in [7, 11) is 0. The lowest BCUT2D eigenvalue weighted by molar-refractivity contribution is -0.137. The third-order valence-corrected chi connectivity index (χ3v) is 8.75. The number of carbonyl (C=O) groups is 1. The van der Waals surface area contributed by atoms with Crippen molar-refractivity contribution in [2.75, 3.05) is 55.7 Å². The van der Waals surface area contributed by atoms with E-state index in [1.54, 1.807) is 6.07 Å². The molecule has 1 amide bonds. The van der Waals surface area contributed by atoms with Gasteiger partial charge in [-0.05, 0) is 61.2 Å². The highest BCUT2D eigenvalue weighted by Gasteiger charge is 2.53. The monoisotopic (exact) mass is 548 g/mol. The normalized spacial score (nSPS) is 22.5. The number of piperidine rings is 1. The minimum Gasteiger partial charge on any atom is -0.369 e. The maximum absolute atomic E-state index is 14.6. The summed E-state index contributed by atoms with van der Waals surface area (Å²) in [6, 6.07) is 23.9. The Morgan fingerprint density at radius 1 is 0.750 bits per heavy atom. The number of piperazine rings is 1. The molecule has 3 heterocycles. The fourth-order valence-corrected chi connectivity index (χ4v) is 6.60. The Kier molecular flexibility index (Phi) is 7.31. The highest BCUT2D eigenvalue weighted by atomic mass is 19.4. The van der Waals surface area contributed by atoms with Crippen LogP contribution in [0.3, 0.4) is 0 Å². The molecule has 0 aliphatic carbocycles. The van der Waals surface area contributed by atoms with Crippen molar-refractivity contribution in [3.05, 3.63) is 95.6 Å². The number of hydrogen-bond acceptors (Lipinski definition) is 4. The number of hydrazine groups is 1. The minimum absolute atomic E-state index is 0.115. The highest BCUT2D eigenvalue weighted by Crippen LogP contribution is 2.49. The quantitative estimate of drug-likeness (QED) is 0.381. The van der Waals surface area contributed by atoms with Gasteiger partial charge in [-0.15, -0.1) is 0 Å². The van der Waals surface area contributed by atoms with E-state index in [0.717, 1.165) is 68.4 Å². The second kappa shape index (κ2) is 10.9. The van der Waals surface area contributed by atoms with Crippen molar-refractivity contribution < 1.29 is 18.0 Å². The zero-order valence-corrected chi connectivity index (χ0v) is 22.6.